The summed E-state index contributed by atoms with van der Waals surface area (Å²) in [4.78, 5) is 2.15. The molecule has 100 valence electrons. The molecule has 0 atom stereocenters. The molecule has 1 aromatic rings. The van der Waals surface area contributed by atoms with E-state index in [1.807, 2.05) is 13.1 Å². The Kier molecular flexibility index (Phi) is 5.15. The molecule has 1 aromatic carbocycles. The molecule has 1 aliphatic rings. The van der Waals surface area contributed by atoms with Gasteiger partial charge in [0.1, 0.15) is 5.82 Å². The molecule has 2 rings (SSSR count). The second-order valence-corrected chi connectivity index (χ2v) is 5.76. The van der Waals surface area contributed by atoms with Gasteiger partial charge in [0, 0.05) is 19.7 Å². The van der Waals surface area contributed by atoms with Crippen LogP contribution in [-0.2, 0) is 11.3 Å². The van der Waals surface area contributed by atoms with Crippen molar-refractivity contribution < 1.29 is 9.13 Å². The van der Waals surface area contributed by atoms with Crippen molar-refractivity contribution in [2.45, 2.75) is 19.4 Å². The van der Waals surface area contributed by atoms with Crippen molar-refractivity contribution in [2.24, 2.45) is 5.92 Å². The SMILES string of the molecule is CN(CCOCC1CC1)Cc1cccc(F)c1Br. The van der Waals surface area contributed by atoms with Crippen LogP contribution in [0.25, 0.3) is 0 Å². The van der Waals surface area contributed by atoms with Gasteiger partial charge < -0.3 is 4.74 Å². The predicted molar refractivity (Wildman–Crippen MR) is 74.0 cm³/mol. The fourth-order valence-corrected chi connectivity index (χ4v) is 2.19. The predicted octanol–water partition coefficient (Wildman–Crippen LogP) is 3.45. The molecule has 0 radical (unpaired) electrons. The van der Waals surface area contributed by atoms with Crippen LogP contribution in [0.1, 0.15) is 18.4 Å². The van der Waals surface area contributed by atoms with Crippen molar-refractivity contribution in [3.63, 3.8) is 0 Å². The van der Waals surface area contributed by atoms with Crippen LogP contribution in [0.3, 0.4) is 0 Å². The van der Waals surface area contributed by atoms with E-state index in [-0.39, 0.29) is 5.82 Å². The first kappa shape index (κ1) is 14.0. The highest BCUT2D eigenvalue weighted by Gasteiger charge is 2.20. The lowest BCUT2D eigenvalue weighted by molar-refractivity contribution is 0.102. The smallest absolute Gasteiger partial charge is 0.137 e. The Morgan fingerprint density at radius 3 is 2.94 bits per heavy atom. The summed E-state index contributed by atoms with van der Waals surface area (Å²) in [7, 11) is 2.03. The molecule has 2 nitrogen and oxygen atoms in total. The molecule has 1 fully saturated rings. The van der Waals surface area contributed by atoms with E-state index in [2.05, 4.69) is 20.8 Å². The molecule has 0 heterocycles. The number of hydrogen-bond donors (Lipinski definition) is 0. The van der Waals surface area contributed by atoms with E-state index in [0.29, 0.717) is 4.47 Å². The van der Waals surface area contributed by atoms with Crippen LogP contribution in [0.15, 0.2) is 22.7 Å². The first-order chi connectivity index (χ1) is 8.66. The average Bonchev–Trinajstić information content (AvgIpc) is 3.15. The van der Waals surface area contributed by atoms with Crippen LogP contribution in [0, 0.1) is 11.7 Å². The fraction of sp³-hybridized carbons (Fsp3) is 0.571. The van der Waals surface area contributed by atoms with Gasteiger partial charge in [-0.05, 0) is 53.4 Å². The van der Waals surface area contributed by atoms with E-state index in [9.17, 15) is 4.39 Å². The van der Waals surface area contributed by atoms with Crippen LogP contribution < -0.4 is 0 Å². The number of ether oxygens (including phenoxy) is 1. The molecule has 4 heteroatoms. The molecule has 1 aliphatic carbocycles. The minimum atomic E-state index is -0.203. The summed E-state index contributed by atoms with van der Waals surface area (Å²) >= 11 is 3.28. The van der Waals surface area contributed by atoms with E-state index in [4.69, 9.17) is 4.74 Å². The maximum Gasteiger partial charge on any atom is 0.137 e. The minimum Gasteiger partial charge on any atom is -0.380 e. The highest BCUT2D eigenvalue weighted by Crippen LogP contribution is 2.28. The largest absolute Gasteiger partial charge is 0.380 e. The molecular weight excluding hydrogens is 297 g/mol. The van der Waals surface area contributed by atoms with Gasteiger partial charge in [0.05, 0.1) is 11.1 Å². The number of likely N-dealkylation sites (N-methyl/N-ethyl adjacent to an activating group) is 1. The highest BCUT2D eigenvalue weighted by atomic mass is 79.9. The zero-order valence-electron chi connectivity index (χ0n) is 10.7. The van der Waals surface area contributed by atoms with E-state index in [0.717, 1.165) is 37.8 Å². The molecule has 18 heavy (non-hydrogen) atoms. The fourth-order valence-electron chi connectivity index (χ4n) is 1.80. The lowest BCUT2D eigenvalue weighted by atomic mass is 10.2. The topological polar surface area (TPSA) is 12.5 Å². The Morgan fingerprint density at radius 1 is 1.44 bits per heavy atom. The van der Waals surface area contributed by atoms with Crippen LogP contribution in [-0.4, -0.2) is 31.7 Å². The van der Waals surface area contributed by atoms with Gasteiger partial charge >= 0.3 is 0 Å². The molecule has 0 amide bonds. The van der Waals surface area contributed by atoms with Crippen LogP contribution in [0.2, 0.25) is 0 Å². The Balaban J connectivity index is 1.71. The van der Waals surface area contributed by atoms with Crippen LogP contribution in [0.4, 0.5) is 4.39 Å². The molecule has 0 N–H and O–H groups in total. The van der Waals surface area contributed by atoms with Gasteiger partial charge in [0.2, 0.25) is 0 Å². The van der Waals surface area contributed by atoms with Crippen molar-refractivity contribution >= 4 is 15.9 Å². The molecule has 0 aliphatic heterocycles. The van der Waals surface area contributed by atoms with Gasteiger partial charge in [-0.2, -0.15) is 0 Å². The van der Waals surface area contributed by atoms with E-state index >= 15 is 0 Å². The van der Waals surface area contributed by atoms with Gasteiger partial charge in [0.15, 0.2) is 0 Å². The number of nitrogens with zero attached hydrogens (tertiary/aromatic N) is 1. The maximum atomic E-state index is 13.3. The van der Waals surface area contributed by atoms with Gasteiger partial charge in [-0.15, -0.1) is 0 Å². The summed E-state index contributed by atoms with van der Waals surface area (Å²) in [6, 6.07) is 5.15. The number of rotatable bonds is 7. The zero-order valence-corrected chi connectivity index (χ0v) is 12.2. The summed E-state index contributed by atoms with van der Waals surface area (Å²) in [6.45, 7) is 3.25. The Labute approximate surface area is 116 Å². The molecule has 0 spiro atoms. The van der Waals surface area contributed by atoms with Crippen molar-refractivity contribution in [3.05, 3.63) is 34.1 Å². The summed E-state index contributed by atoms with van der Waals surface area (Å²) in [5.41, 5.74) is 0.972. The normalized spacial score (nSPS) is 15.3. The third-order valence-electron chi connectivity index (χ3n) is 3.14. The Bertz CT molecular complexity index is 395. The molecule has 1 saturated carbocycles. The number of benzene rings is 1. The molecule has 0 unspecified atom stereocenters. The van der Waals surface area contributed by atoms with Gasteiger partial charge in [0.25, 0.3) is 0 Å². The molecule has 0 bridgehead atoms. The summed E-state index contributed by atoms with van der Waals surface area (Å²) in [5.74, 6) is 0.610. The number of hydrogen-bond acceptors (Lipinski definition) is 2. The Hall–Kier alpha value is -0.450. The van der Waals surface area contributed by atoms with Crippen molar-refractivity contribution in [3.8, 4) is 0 Å². The first-order valence-corrected chi connectivity index (χ1v) is 7.15. The van der Waals surface area contributed by atoms with E-state index in [1.165, 1.54) is 18.9 Å². The second kappa shape index (κ2) is 6.64. The van der Waals surface area contributed by atoms with Crippen molar-refractivity contribution in [2.75, 3.05) is 26.8 Å². The van der Waals surface area contributed by atoms with Gasteiger partial charge in [-0.1, -0.05) is 12.1 Å². The second-order valence-electron chi connectivity index (χ2n) is 4.97. The van der Waals surface area contributed by atoms with Crippen LogP contribution in [0.5, 0.6) is 0 Å². The van der Waals surface area contributed by atoms with Gasteiger partial charge in [-0.25, -0.2) is 4.39 Å². The maximum absolute atomic E-state index is 13.3. The average molecular weight is 316 g/mol. The molecular formula is C14H19BrFNO. The van der Waals surface area contributed by atoms with Crippen LogP contribution >= 0.6 is 15.9 Å². The first-order valence-electron chi connectivity index (χ1n) is 6.36. The third kappa shape index (κ3) is 4.34. The molecule has 0 aromatic heterocycles. The standard InChI is InChI=1S/C14H19BrFNO/c1-17(7-8-18-10-11-5-6-11)9-12-3-2-4-13(16)14(12)15/h2-4,11H,5-10H2,1H3. The van der Waals surface area contributed by atoms with Gasteiger partial charge in [-0.3, -0.25) is 4.90 Å². The van der Waals surface area contributed by atoms with Crippen molar-refractivity contribution in [1.82, 2.24) is 4.90 Å². The summed E-state index contributed by atoms with van der Waals surface area (Å²) in [5, 5.41) is 0. The van der Waals surface area contributed by atoms with E-state index < -0.39 is 0 Å². The highest BCUT2D eigenvalue weighted by molar-refractivity contribution is 9.10. The number of halogens is 2. The lowest BCUT2D eigenvalue weighted by Crippen LogP contribution is -2.23. The summed E-state index contributed by atoms with van der Waals surface area (Å²) in [6.07, 6.45) is 2.65. The minimum absolute atomic E-state index is 0.203. The quantitative estimate of drug-likeness (QED) is 0.715. The Morgan fingerprint density at radius 2 is 2.22 bits per heavy atom. The summed E-state index contributed by atoms with van der Waals surface area (Å²) < 4.78 is 19.5. The third-order valence-corrected chi connectivity index (χ3v) is 4.03. The zero-order chi connectivity index (χ0) is 13.0. The van der Waals surface area contributed by atoms with E-state index in [1.54, 1.807) is 6.07 Å². The monoisotopic (exact) mass is 315 g/mol. The van der Waals surface area contributed by atoms with Crippen molar-refractivity contribution in [1.29, 1.82) is 0 Å². The lowest BCUT2D eigenvalue weighted by Gasteiger charge is -2.17. The molecule has 0 saturated heterocycles.